The van der Waals surface area contributed by atoms with Gasteiger partial charge in [0.25, 0.3) is 0 Å². The Kier molecular flexibility index (Phi) is 6.43. The van der Waals surface area contributed by atoms with Gasteiger partial charge in [0.1, 0.15) is 34.4 Å². The second kappa shape index (κ2) is 9.88. The summed E-state index contributed by atoms with van der Waals surface area (Å²) in [5, 5.41) is 7.88. The number of fused-ring (bicyclic) bond motifs is 2. The number of piperidine rings is 1. The molecule has 10 nitrogen and oxygen atoms in total. The van der Waals surface area contributed by atoms with E-state index in [2.05, 4.69) is 25.0 Å². The number of likely N-dealkylation sites (tertiary alicyclic amines) is 1. The van der Waals surface area contributed by atoms with Crippen LogP contribution in [0.4, 0.5) is 10.2 Å². The number of aromatic nitrogens is 5. The normalized spacial score (nSPS) is 20.7. The van der Waals surface area contributed by atoms with E-state index in [1.165, 1.54) is 18.7 Å². The number of hydrogen-bond donors (Lipinski definition) is 1. The van der Waals surface area contributed by atoms with Crippen LogP contribution < -0.4 is 14.4 Å². The van der Waals surface area contributed by atoms with Crippen LogP contribution in [0.2, 0.25) is 5.02 Å². The number of anilines is 1. The fourth-order valence-corrected chi connectivity index (χ4v) is 5.26. The predicted octanol–water partition coefficient (Wildman–Crippen LogP) is 4.18. The average Bonchev–Trinajstić information content (AvgIpc) is 3.52. The van der Waals surface area contributed by atoms with Gasteiger partial charge in [0, 0.05) is 45.6 Å². The van der Waals surface area contributed by atoms with Crippen molar-refractivity contribution in [2.24, 2.45) is 0 Å². The molecule has 2 aliphatic rings. The first-order chi connectivity index (χ1) is 18.0. The molecule has 3 aromatic heterocycles. The molecule has 2 atom stereocenters. The Hall–Kier alpha value is -3.28. The van der Waals surface area contributed by atoms with E-state index in [-0.39, 0.29) is 34.9 Å². The monoisotopic (exact) mass is 527 g/mol. The molecule has 0 saturated carbocycles. The standard InChI is InChI=1S/C25H27ClFN7O3/c1-33-12-18(35-2)19(13-33)36-25-30-21-14(23(31-25)34-8-4-3-5-9-34)6-7-28-24(21)37-22-15-11-29-32-17(15)10-16(27)20(22)26/h6-7,10-11,18-19H,3-5,8-9,12-13H2,1-2H3,(H,29,32)/t18-,19-/m1/s1. The van der Waals surface area contributed by atoms with E-state index in [0.29, 0.717) is 23.0 Å². The molecule has 1 N–H and O–H groups in total. The van der Waals surface area contributed by atoms with Crippen molar-refractivity contribution in [3.8, 4) is 17.6 Å². The minimum atomic E-state index is -0.628. The molecule has 6 rings (SSSR count). The summed E-state index contributed by atoms with van der Waals surface area (Å²) in [4.78, 5) is 18.4. The number of H-pyrrole nitrogens is 1. The van der Waals surface area contributed by atoms with Gasteiger partial charge in [-0.1, -0.05) is 11.6 Å². The number of pyridine rings is 1. The molecule has 0 unspecified atom stereocenters. The molecule has 4 aromatic rings. The molecule has 194 valence electrons. The second-order valence-electron chi connectivity index (χ2n) is 9.48. The van der Waals surface area contributed by atoms with E-state index in [1.807, 2.05) is 13.1 Å². The Morgan fingerprint density at radius 1 is 1.11 bits per heavy atom. The van der Waals surface area contributed by atoms with Gasteiger partial charge in [0.15, 0.2) is 5.75 Å². The molecule has 2 aliphatic heterocycles. The highest BCUT2D eigenvalue weighted by Gasteiger charge is 2.34. The molecular weight excluding hydrogens is 501 g/mol. The van der Waals surface area contributed by atoms with Gasteiger partial charge in [0.2, 0.25) is 5.88 Å². The van der Waals surface area contributed by atoms with E-state index in [0.717, 1.165) is 43.7 Å². The molecule has 37 heavy (non-hydrogen) atoms. The third kappa shape index (κ3) is 4.51. The number of halogens is 2. The molecule has 5 heterocycles. The number of methoxy groups -OCH3 is 1. The van der Waals surface area contributed by atoms with Gasteiger partial charge in [-0.15, -0.1) is 0 Å². The molecule has 0 spiro atoms. The minimum absolute atomic E-state index is 0.104. The lowest BCUT2D eigenvalue weighted by Gasteiger charge is -2.29. The molecule has 1 aromatic carbocycles. The number of likely N-dealkylation sites (N-methyl/N-ethyl adjacent to an activating group) is 1. The van der Waals surface area contributed by atoms with Crippen LogP contribution in [0.3, 0.4) is 0 Å². The number of ether oxygens (including phenoxy) is 3. The fraction of sp³-hybridized carbons (Fsp3) is 0.440. The Balaban J connectivity index is 1.47. The number of hydrogen-bond acceptors (Lipinski definition) is 9. The van der Waals surface area contributed by atoms with Crippen LogP contribution in [0, 0.1) is 5.82 Å². The Morgan fingerprint density at radius 3 is 2.73 bits per heavy atom. The fourth-order valence-electron chi connectivity index (χ4n) is 5.07. The first-order valence-electron chi connectivity index (χ1n) is 12.3. The van der Waals surface area contributed by atoms with Crippen LogP contribution in [0.1, 0.15) is 19.3 Å². The Morgan fingerprint density at radius 2 is 1.92 bits per heavy atom. The first kappa shape index (κ1) is 24.1. The maximum atomic E-state index is 14.6. The maximum absolute atomic E-state index is 14.6. The lowest BCUT2D eigenvalue weighted by molar-refractivity contribution is 0.0300. The summed E-state index contributed by atoms with van der Waals surface area (Å²) >= 11 is 6.32. The van der Waals surface area contributed by atoms with Gasteiger partial charge in [-0.3, -0.25) is 10.00 Å². The van der Waals surface area contributed by atoms with Gasteiger partial charge >= 0.3 is 6.01 Å². The summed E-state index contributed by atoms with van der Waals surface area (Å²) in [5.74, 6) is 0.413. The lowest BCUT2D eigenvalue weighted by atomic mass is 10.1. The van der Waals surface area contributed by atoms with Gasteiger partial charge in [-0.25, -0.2) is 9.37 Å². The minimum Gasteiger partial charge on any atom is -0.456 e. The Labute approximate surface area is 217 Å². The van der Waals surface area contributed by atoms with Crippen molar-refractivity contribution in [1.82, 2.24) is 30.0 Å². The predicted molar refractivity (Wildman–Crippen MR) is 137 cm³/mol. The summed E-state index contributed by atoms with van der Waals surface area (Å²) in [5.41, 5.74) is 0.908. The van der Waals surface area contributed by atoms with Crippen molar-refractivity contribution in [2.45, 2.75) is 31.5 Å². The van der Waals surface area contributed by atoms with Crippen LogP contribution in [0.25, 0.3) is 21.8 Å². The average molecular weight is 528 g/mol. The summed E-state index contributed by atoms with van der Waals surface area (Å²) < 4.78 is 32.6. The number of nitrogens with one attached hydrogen (secondary N) is 1. The summed E-state index contributed by atoms with van der Waals surface area (Å²) in [7, 11) is 3.70. The lowest BCUT2D eigenvalue weighted by Crippen LogP contribution is -2.33. The maximum Gasteiger partial charge on any atom is 0.319 e. The van der Waals surface area contributed by atoms with Gasteiger partial charge in [-0.05, 0) is 32.4 Å². The summed E-state index contributed by atoms with van der Waals surface area (Å²) in [6.07, 6.45) is 6.16. The number of rotatable bonds is 6. The number of nitrogens with zero attached hydrogens (tertiary/aromatic N) is 6. The second-order valence-corrected chi connectivity index (χ2v) is 9.85. The number of benzene rings is 1. The SMILES string of the molecule is CO[C@@H]1CN(C)C[C@H]1Oc1nc(N2CCCCC2)c2ccnc(Oc3c(Cl)c(F)cc4[nH]ncc34)c2n1. The third-order valence-corrected chi connectivity index (χ3v) is 7.30. The van der Waals surface area contributed by atoms with Crippen LogP contribution >= 0.6 is 11.6 Å². The van der Waals surface area contributed by atoms with Crippen molar-refractivity contribution in [2.75, 3.05) is 45.2 Å². The third-order valence-electron chi connectivity index (χ3n) is 6.95. The van der Waals surface area contributed by atoms with Crippen LogP contribution in [0.5, 0.6) is 17.6 Å². The highest BCUT2D eigenvalue weighted by molar-refractivity contribution is 6.33. The summed E-state index contributed by atoms with van der Waals surface area (Å²) in [6, 6.07) is 3.35. The van der Waals surface area contributed by atoms with Crippen LogP contribution in [-0.4, -0.2) is 82.6 Å². The zero-order valence-corrected chi connectivity index (χ0v) is 21.3. The van der Waals surface area contributed by atoms with Crippen molar-refractivity contribution >= 4 is 39.2 Å². The Bertz CT molecular complexity index is 1450. The van der Waals surface area contributed by atoms with Crippen LogP contribution in [0.15, 0.2) is 24.5 Å². The molecule has 2 saturated heterocycles. The van der Waals surface area contributed by atoms with Crippen molar-refractivity contribution in [3.63, 3.8) is 0 Å². The highest BCUT2D eigenvalue weighted by Crippen LogP contribution is 2.40. The largest absolute Gasteiger partial charge is 0.456 e. The molecule has 0 aliphatic carbocycles. The van der Waals surface area contributed by atoms with Crippen LogP contribution in [-0.2, 0) is 4.74 Å². The zero-order valence-electron chi connectivity index (χ0n) is 20.6. The zero-order chi connectivity index (χ0) is 25.5. The quantitative estimate of drug-likeness (QED) is 0.395. The van der Waals surface area contributed by atoms with E-state index in [9.17, 15) is 4.39 Å². The number of aromatic amines is 1. The van der Waals surface area contributed by atoms with E-state index in [4.69, 9.17) is 35.8 Å². The molecule has 0 bridgehead atoms. The van der Waals surface area contributed by atoms with Gasteiger partial charge < -0.3 is 19.1 Å². The van der Waals surface area contributed by atoms with E-state index >= 15 is 0 Å². The topological polar surface area (TPSA) is 102 Å². The smallest absolute Gasteiger partial charge is 0.319 e. The van der Waals surface area contributed by atoms with Crippen molar-refractivity contribution < 1.29 is 18.6 Å². The van der Waals surface area contributed by atoms with Gasteiger partial charge in [-0.2, -0.15) is 15.1 Å². The molecular formula is C25H27ClFN7O3. The summed E-state index contributed by atoms with van der Waals surface area (Å²) in [6.45, 7) is 3.19. The van der Waals surface area contributed by atoms with E-state index in [1.54, 1.807) is 13.3 Å². The molecule has 0 amide bonds. The van der Waals surface area contributed by atoms with Crippen molar-refractivity contribution in [1.29, 1.82) is 0 Å². The first-order valence-corrected chi connectivity index (χ1v) is 12.7. The van der Waals surface area contributed by atoms with E-state index < -0.39 is 5.82 Å². The van der Waals surface area contributed by atoms with Gasteiger partial charge in [0.05, 0.1) is 22.5 Å². The van der Waals surface area contributed by atoms with Crippen molar-refractivity contribution in [3.05, 3.63) is 35.4 Å². The molecule has 0 radical (unpaired) electrons. The molecule has 12 heteroatoms. The molecule has 2 fully saturated rings. The highest BCUT2D eigenvalue weighted by atomic mass is 35.5.